The van der Waals surface area contributed by atoms with Crippen molar-refractivity contribution in [2.75, 3.05) is 12.4 Å². The highest BCUT2D eigenvalue weighted by molar-refractivity contribution is 5.94. The quantitative estimate of drug-likeness (QED) is 0.242. The van der Waals surface area contributed by atoms with Gasteiger partial charge in [-0.2, -0.15) is 15.4 Å². The molecule has 0 spiro atoms. The number of hydrogen-bond donors (Lipinski definition) is 3. The number of anilines is 1. The Morgan fingerprint density at radius 2 is 1.88 bits per heavy atom. The number of nitrogens with one attached hydrogen (secondary N) is 3. The Bertz CT molecular complexity index is 2010. The molecule has 1 atom stereocenters. The SMILES string of the molecule is CNC(C)C(=O)Nc1ccc(-c2cccc(-c3cn[nH]n3)c2)n(Cc2cncc(-n3cc(C)c4cc(F)ccc43)c2)c1=O. The molecule has 1 amide bonds. The van der Waals surface area contributed by atoms with Crippen molar-refractivity contribution in [2.24, 2.45) is 0 Å². The van der Waals surface area contributed by atoms with E-state index < -0.39 is 6.04 Å². The fourth-order valence-electron chi connectivity index (χ4n) is 5.09. The van der Waals surface area contributed by atoms with Crippen molar-refractivity contribution in [1.82, 2.24) is 34.8 Å². The summed E-state index contributed by atoms with van der Waals surface area (Å²) in [5.41, 5.74) is 6.08. The summed E-state index contributed by atoms with van der Waals surface area (Å²) in [6.07, 6.45) is 7.01. The number of rotatable bonds is 8. The molecule has 0 saturated carbocycles. The Morgan fingerprint density at radius 3 is 2.67 bits per heavy atom. The number of carbonyl (C=O) groups excluding carboxylic acids is 1. The summed E-state index contributed by atoms with van der Waals surface area (Å²) in [6.45, 7) is 3.83. The van der Waals surface area contributed by atoms with Crippen molar-refractivity contribution in [1.29, 1.82) is 0 Å². The second kappa shape index (κ2) is 11.5. The zero-order valence-corrected chi connectivity index (χ0v) is 23.8. The molecule has 0 radical (unpaired) electrons. The minimum absolute atomic E-state index is 0.168. The van der Waals surface area contributed by atoms with Gasteiger partial charge in [0, 0.05) is 23.3 Å². The standard InChI is InChI=1S/C32H29FN8O2/c1-19-17-40(30-9-7-24(33)13-26(19)30)25-11-21(14-35-15-25)18-41-29(10-8-27(32(41)43)37-31(42)20(2)34-3)23-6-4-5-22(12-23)28-16-36-39-38-28/h4-17,20,34H,18H2,1-3H3,(H,37,42)(H,36,38,39). The molecular weight excluding hydrogens is 547 g/mol. The Labute approximate surface area is 246 Å². The average molecular weight is 577 g/mol. The molecule has 3 N–H and O–H groups in total. The van der Waals surface area contributed by atoms with Crippen LogP contribution in [0.15, 0.2) is 90.2 Å². The molecule has 4 aromatic heterocycles. The highest BCUT2D eigenvalue weighted by atomic mass is 19.1. The smallest absolute Gasteiger partial charge is 0.275 e. The lowest BCUT2D eigenvalue weighted by atomic mass is 10.0. The maximum atomic E-state index is 13.9. The number of aromatic amines is 1. The first kappa shape index (κ1) is 27.7. The summed E-state index contributed by atoms with van der Waals surface area (Å²) >= 11 is 0. The first-order valence-corrected chi connectivity index (χ1v) is 13.7. The molecule has 0 aliphatic heterocycles. The molecular formula is C32H29FN8O2. The normalized spacial score (nSPS) is 12.0. The third kappa shape index (κ3) is 5.45. The van der Waals surface area contributed by atoms with Crippen molar-refractivity contribution in [3.05, 3.63) is 113 Å². The number of hydrogen-bond acceptors (Lipinski definition) is 6. The lowest BCUT2D eigenvalue weighted by Crippen LogP contribution is -2.37. The average Bonchev–Trinajstić information content (AvgIpc) is 3.67. The van der Waals surface area contributed by atoms with Gasteiger partial charge in [0.25, 0.3) is 5.56 Å². The number of halogens is 1. The van der Waals surface area contributed by atoms with Crippen LogP contribution >= 0.6 is 0 Å². The van der Waals surface area contributed by atoms with E-state index >= 15 is 0 Å². The minimum Gasteiger partial charge on any atom is -0.320 e. The van der Waals surface area contributed by atoms with Crippen molar-refractivity contribution >= 4 is 22.5 Å². The highest BCUT2D eigenvalue weighted by Gasteiger charge is 2.17. The van der Waals surface area contributed by atoms with E-state index in [1.54, 1.807) is 49.3 Å². The zero-order valence-electron chi connectivity index (χ0n) is 23.8. The van der Waals surface area contributed by atoms with Gasteiger partial charge in [-0.25, -0.2) is 4.39 Å². The molecule has 10 nitrogen and oxygen atoms in total. The van der Waals surface area contributed by atoms with Crippen LogP contribution < -0.4 is 16.2 Å². The predicted octanol–water partition coefficient (Wildman–Crippen LogP) is 4.68. The van der Waals surface area contributed by atoms with Crippen LogP contribution in [0.25, 0.3) is 39.1 Å². The molecule has 0 fully saturated rings. The third-order valence-corrected chi connectivity index (χ3v) is 7.49. The molecule has 2 aromatic carbocycles. The predicted molar refractivity (Wildman–Crippen MR) is 164 cm³/mol. The van der Waals surface area contributed by atoms with Crippen LogP contribution in [-0.4, -0.2) is 48.5 Å². The van der Waals surface area contributed by atoms with Crippen LogP contribution in [0.5, 0.6) is 0 Å². The highest BCUT2D eigenvalue weighted by Crippen LogP contribution is 2.28. The fourth-order valence-corrected chi connectivity index (χ4v) is 5.09. The van der Waals surface area contributed by atoms with E-state index in [9.17, 15) is 14.0 Å². The Morgan fingerprint density at radius 1 is 1.05 bits per heavy atom. The van der Waals surface area contributed by atoms with Crippen LogP contribution in [-0.2, 0) is 11.3 Å². The summed E-state index contributed by atoms with van der Waals surface area (Å²) in [5.74, 6) is -0.613. The van der Waals surface area contributed by atoms with Gasteiger partial charge in [-0.05, 0) is 80.1 Å². The molecule has 0 aliphatic rings. The van der Waals surface area contributed by atoms with Crippen molar-refractivity contribution in [3.63, 3.8) is 0 Å². The summed E-state index contributed by atoms with van der Waals surface area (Å²) in [6, 6.07) is 17.3. The first-order chi connectivity index (χ1) is 20.8. The van der Waals surface area contributed by atoms with Crippen LogP contribution in [0.2, 0.25) is 0 Å². The number of benzene rings is 2. The monoisotopic (exact) mass is 576 g/mol. The number of carbonyl (C=O) groups is 1. The van der Waals surface area contributed by atoms with Gasteiger partial charge in [0.15, 0.2) is 0 Å². The van der Waals surface area contributed by atoms with Crippen molar-refractivity contribution in [2.45, 2.75) is 26.4 Å². The van der Waals surface area contributed by atoms with Crippen molar-refractivity contribution < 1.29 is 9.18 Å². The van der Waals surface area contributed by atoms with E-state index in [2.05, 4.69) is 31.0 Å². The van der Waals surface area contributed by atoms with E-state index in [1.165, 1.54) is 12.1 Å². The molecule has 216 valence electrons. The minimum atomic E-state index is -0.485. The van der Waals surface area contributed by atoms with E-state index in [0.29, 0.717) is 11.4 Å². The van der Waals surface area contributed by atoms with E-state index in [0.717, 1.165) is 38.8 Å². The topological polar surface area (TPSA) is 123 Å². The summed E-state index contributed by atoms with van der Waals surface area (Å²) < 4.78 is 17.5. The van der Waals surface area contributed by atoms with Crippen LogP contribution in [0.3, 0.4) is 0 Å². The molecule has 0 bridgehead atoms. The van der Waals surface area contributed by atoms with Gasteiger partial charge >= 0.3 is 0 Å². The third-order valence-electron chi connectivity index (χ3n) is 7.49. The maximum Gasteiger partial charge on any atom is 0.275 e. The second-order valence-corrected chi connectivity index (χ2v) is 10.4. The number of H-pyrrole nitrogens is 1. The number of aromatic nitrogens is 6. The molecule has 0 aliphatic carbocycles. The largest absolute Gasteiger partial charge is 0.320 e. The van der Waals surface area contributed by atoms with Crippen LogP contribution in [0.1, 0.15) is 18.1 Å². The lowest BCUT2D eigenvalue weighted by Gasteiger charge is -2.17. The Kier molecular flexibility index (Phi) is 7.39. The Balaban J connectivity index is 1.44. The van der Waals surface area contributed by atoms with E-state index in [1.807, 2.05) is 54.1 Å². The lowest BCUT2D eigenvalue weighted by molar-refractivity contribution is -0.117. The number of likely N-dealkylation sites (N-methyl/N-ethyl adjacent to an activating group) is 1. The van der Waals surface area contributed by atoms with Crippen molar-refractivity contribution in [3.8, 4) is 28.2 Å². The first-order valence-electron chi connectivity index (χ1n) is 13.7. The van der Waals surface area contributed by atoms with Crippen LogP contribution in [0.4, 0.5) is 10.1 Å². The number of aryl methyl sites for hydroxylation is 1. The molecule has 0 saturated heterocycles. The van der Waals surface area contributed by atoms with Gasteiger partial charge in [0.2, 0.25) is 5.91 Å². The second-order valence-electron chi connectivity index (χ2n) is 10.4. The van der Waals surface area contributed by atoms with Gasteiger partial charge in [0.05, 0.1) is 41.9 Å². The molecule has 43 heavy (non-hydrogen) atoms. The van der Waals surface area contributed by atoms with Gasteiger partial charge in [0.1, 0.15) is 17.2 Å². The number of amides is 1. The summed E-state index contributed by atoms with van der Waals surface area (Å²) in [7, 11) is 1.68. The molecule has 4 heterocycles. The van der Waals surface area contributed by atoms with E-state index in [-0.39, 0.29) is 29.5 Å². The van der Waals surface area contributed by atoms with Gasteiger partial charge in [-0.15, -0.1) is 0 Å². The van der Waals surface area contributed by atoms with Gasteiger partial charge < -0.3 is 19.8 Å². The molecule has 6 rings (SSSR count). The maximum absolute atomic E-state index is 13.9. The van der Waals surface area contributed by atoms with Crippen LogP contribution in [0, 0.1) is 12.7 Å². The fraction of sp³-hybridized carbons (Fsp3) is 0.156. The Hall–Kier alpha value is -5.42. The number of nitrogens with zero attached hydrogens (tertiary/aromatic N) is 5. The summed E-state index contributed by atoms with van der Waals surface area (Å²) in [5, 5.41) is 17.2. The molecule has 11 heteroatoms. The van der Waals surface area contributed by atoms with Gasteiger partial charge in [-0.3, -0.25) is 14.6 Å². The zero-order chi connectivity index (χ0) is 30.1. The number of pyridine rings is 2. The summed E-state index contributed by atoms with van der Waals surface area (Å²) in [4.78, 5) is 31.1. The molecule has 6 aromatic rings. The number of fused-ring (bicyclic) bond motifs is 1. The van der Waals surface area contributed by atoms with E-state index in [4.69, 9.17) is 0 Å². The van der Waals surface area contributed by atoms with Gasteiger partial charge in [-0.1, -0.05) is 18.2 Å². The molecule has 1 unspecified atom stereocenters.